The molecule has 0 spiro atoms. The zero-order valence-corrected chi connectivity index (χ0v) is 16.9. The Morgan fingerprint density at radius 2 is 1.86 bits per heavy atom. The fourth-order valence-corrected chi connectivity index (χ4v) is 4.19. The van der Waals surface area contributed by atoms with Gasteiger partial charge in [0.05, 0.1) is 18.2 Å². The molecular formula is C24H24ClNO2. The molecule has 1 unspecified atom stereocenters. The van der Waals surface area contributed by atoms with Crippen LogP contribution in [0.4, 0.5) is 0 Å². The van der Waals surface area contributed by atoms with Crippen LogP contribution in [0, 0.1) is 6.92 Å². The normalized spacial score (nSPS) is 15.8. The largest absolute Gasteiger partial charge is 0.495 e. The van der Waals surface area contributed by atoms with E-state index in [-0.39, 0.29) is 6.04 Å². The number of hydrogen-bond donors (Lipinski definition) is 1. The first kappa shape index (κ1) is 18.9. The molecule has 3 aromatic carbocycles. The molecular weight excluding hydrogens is 370 g/mol. The molecule has 1 heterocycles. The van der Waals surface area contributed by atoms with E-state index in [2.05, 4.69) is 42.6 Å². The van der Waals surface area contributed by atoms with E-state index in [1.165, 1.54) is 16.7 Å². The zero-order valence-electron chi connectivity index (χ0n) is 16.2. The number of halogens is 1. The lowest BCUT2D eigenvalue weighted by Crippen LogP contribution is -2.31. The molecule has 28 heavy (non-hydrogen) atoms. The number of aryl methyl sites for hydroxylation is 1. The van der Waals surface area contributed by atoms with Crippen LogP contribution in [0.25, 0.3) is 0 Å². The molecule has 0 saturated carbocycles. The Bertz CT molecular complexity index is 972. The third-order valence-corrected chi connectivity index (χ3v) is 5.43. The highest BCUT2D eigenvalue weighted by atomic mass is 35.5. The van der Waals surface area contributed by atoms with E-state index in [1.54, 1.807) is 7.11 Å². The Morgan fingerprint density at radius 1 is 1.04 bits per heavy atom. The van der Waals surface area contributed by atoms with Gasteiger partial charge in [0.25, 0.3) is 0 Å². The lowest BCUT2D eigenvalue weighted by molar-refractivity contribution is 0.305. The van der Waals surface area contributed by atoms with Gasteiger partial charge in [0.2, 0.25) is 0 Å². The summed E-state index contributed by atoms with van der Waals surface area (Å²) in [6, 6.07) is 20.7. The first-order valence-corrected chi connectivity index (χ1v) is 9.90. The van der Waals surface area contributed by atoms with Crippen molar-refractivity contribution in [3.05, 3.63) is 93.5 Å². The standard InChI is InChI=1S/C24H24ClNO2/c1-16-12-21(24(27-2)22(25)13-16)23-20-9-8-19(14-18(20)10-11-26-23)28-15-17-6-4-3-5-7-17/h3-9,12-14,23,26H,10-11,15H2,1-2H3. The highest BCUT2D eigenvalue weighted by Gasteiger charge is 2.25. The van der Waals surface area contributed by atoms with Crippen molar-refractivity contribution in [1.82, 2.24) is 5.32 Å². The second kappa shape index (κ2) is 8.26. The summed E-state index contributed by atoms with van der Waals surface area (Å²) in [6.07, 6.45) is 0.968. The number of methoxy groups -OCH3 is 1. The van der Waals surface area contributed by atoms with Crippen LogP contribution >= 0.6 is 11.6 Å². The Labute approximate surface area is 171 Å². The number of nitrogens with one attached hydrogen (secondary N) is 1. The molecule has 1 aliphatic heterocycles. The molecule has 3 aromatic rings. The SMILES string of the molecule is COc1c(Cl)cc(C)cc1C1NCCc2cc(OCc3ccccc3)ccc21. The van der Waals surface area contributed by atoms with Crippen molar-refractivity contribution in [2.75, 3.05) is 13.7 Å². The summed E-state index contributed by atoms with van der Waals surface area (Å²) < 4.78 is 11.6. The Morgan fingerprint density at radius 3 is 2.64 bits per heavy atom. The second-order valence-corrected chi connectivity index (χ2v) is 7.55. The van der Waals surface area contributed by atoms with Gasteiger partial charge in [0, 0.05) is 12.1 Å². The average Bonchev–Trinajstić information content (AvgIpc) is 2.72. The van der Waals surface area contributed by atoms with Crippen LogP contribution in [-0.4, -0.2) is 13.7 Å². The van der Waals surface area contributed by atoms with Crippen molar-refractivity contribution in [3.8, 4) is 11.5 Å². The number of hydrogen-bond acceptors (Lipinski definition) is 3. The molecule has 0 radical (unpaired) electrons. The molecule has 0 fully saturated rings. The summed E-state index contributed by atoms with van der Waals surface area (Å²) in [7, 11) is 1.67. The maximum Gasteiger partial charge on any atom is 0.142 e. The lowest BCUT2D eigenvalue weighted by atomic mass is 9.88. The highest BCUT2D eigenvalue weighted by Crippen LogP contribution is 2.39. The van der Waals surface area contributed by atoms with Gasteiger partial charge in [-0.1, -0.05) is 54.1 Å². The molecule has 3 nitrogen and oxygen atoms in total. The topological polar surface area (TPSA) is 30.5 Å². The van der Waals surface area contributed by atoms with Crippen LogP contribution in [0.5, 0.6) is 11.5 Å². The third-order valence-electron chi connectivity index (χ3n) is 5.15. The van der Waals surface area contributed by atoms with Gasteiger partial charge in [-0.3, -0.25) is 0 Å². The molecule has 1 N–H and O–H groups in total. The van der Waals surface area contributed by atoms with Gasteiger partial charge >= 0.3 is 0 Å². The molecule has 4 rings (SSSR count). The quantitative estimate of drug-likeness (QED) is 0.623. The average molecular weight is 394 g/mol. The van der Waals surface area contributed by atoms with Gasteiger partial charge < -0.3 is 14.8 Å². The predicted octanol–water partition coefficient (Wildman–Crippen LogP) is 5.47. The molecule has 0 bridgehead atoms. The van der Waals surface area contributed by atoms with Crippen molar-refractivity contribution >= 4 is 11.6 Å². The molecule has 0 aromatic heterocycles. The third kappa shape index (κ3) is 3.87. The zero-order chi connectivity index (χ0) is 19.5. The fourth-order valence-electron chi connectivity index (χ4n) is 3.84. The van der Waals surface area contributed by atoms with Crippen LogP contribution in [0.3, 0.4) is 0 Å². The van der Waals surface area contributed by atoms with Crippen molar-refractivity contribution in [2.24, 2.45) is 0 Å². The van der Waals surface area contributed by atoms with Gasteiger partial charge in [-0.05, 0) is 53.8 Å². The first-order chi connectivity index (χ1) is 13.7. The van der Waals surface area contributed by atoms with Crippen LogP contribution in [0.1, 0.15) is 33.9 Å². The number of rotatable bonds is 5. The summed E-state index contributed by atoms with van der Waals surface area (Å²) in [6.45, 7) is 3.52. The molecule has 144 valence electrons. The minimum absolute atomic E-state index is 0.0549. The second-order valence-electron chi connectivity index (χ2n) is 7.14. The molecule has 0 amide bonds. The summed E-state index contributed by atoms with van der Waals surface area (Å²) in [4.78, 5) is 0. The Hall–Kier alpha value is -2.49. The molecule has 4 heteroatoms. The van der Waals surface area contributed by atoms with Gasteiger partial charge in [-0.15, -0.1) is 0 Å². The monoisotopic (exact) mass is 393 g/mol. The first-order valence-electron chi connectivity index (χ1n) is 9.52. The van der Waals surface area contributed by atoms with Crippen LogP contribution in [0.15, 0.2) is 60.7 Å². The van der Waals surface area contributed by atoms with Crippen LogP contribution in [-0.2, 0) is 13.0 Å². The van der Waals surface area contributed by atoms with Crippen molar-refractivity contribution in [2.45, 2.75) is 26.0 Å². The minimum atomic E-state index is 0.0549. The van der Waals surface area contributed by atoms with Gasteiger partial charge in [-0.25, -0.2) is 0 Å². The van der Waals surface area contributed by atoms with Crippen LogP contribution in [0.2, 0.25) is 5.02 Å². The van der Waals surface area contributed by atoms with E-state index in [4.69, 9.17) is 21.1 Å². The molecule has 0 saturated heterocycles. The lowest BCUT2D eigenvalue weighted by Gasteiger charge is -2.29. The van der Waals surface area contributed by atoms with Crippen LogP contribution < -0.4 is 14.8 Å². The van der Waals surface area contributed by atoms with E-state index in [0.29, 0.717) is 11.6 Å². The van der Waals surface area contributed by atoms with Gasteiger partial charge in [-0.2, -0.15) is 0 Å². The maximum absolute atomic E-state index is 6.43. The summed E-state index contributed by atoms with van der Waals surface area (Å²) in [5, 5.41) is 4.27. The fraction of sp³-hybridized carbons (Fsp3) is 0.250. The van der Waals surface area contributed by atoms with Crippen molar-refractivity contribution in [1.29, 1.82) is 0 Å². The molecule has 1 aliphatic rings. The van der Waals surface area contributed by atoms with Crippen molar-refractivity contribution < 1.29 is 9.47 Å². The summed E-state index contributed by atoms with van der Waals surface area (Å²) in [5.74, 6) is 1.64. The number of ether oxygens (including phenoxy) is 2. The van der Waals surface area contributed by atoms with E-state index < -0.39 is 0 Å². The number of benzene rings is 3. The molecule has 1 atom stereocenters. The van der Waals surface area contributed by atoms with Gasteiger partial charge in [0.15, 0.2) is 0 Å². The van der Waals surface area contributed by atoms with E-state index in [0.717, 1.165) is 35.6 Å². The smallest absolute Gasteiger partial charge is 0.142 e. The maximum atomic E-state index is 6.43. The van der Waals surface area contributed by atoms with E-state index in [1.807, 2.05) is 30.3 Å². The minimum Gasteiger partial charge on any atom is -0.495 e. The van der Waals surface area contributed by atoms with E-state index in [9.17, 15) is 0 Å². The Kier molecular flexibility index (Phi) is 5.56. The molecule has 0 aliphatic carbocycles. The predicted molar refractivity (Wildman–Crippen MR) is 114 cm³/mol. The van der Waals surface area contributed by atoms with Gasteiger partial charge in [0.1, 0.15) is 18.1 Å². The summed E-state index contributed by atoms with van der Waals surface area (Å²) in [5.41, 5.74) is 5.91. The van der Waals surface area contributed by atoms with Crippen molar-refractivity contribution in [3.63, 3.8) is 0 Å². The number of fused-ring (bicyclic) bond motifs is 1. The van der Waals surface area contributed by atoms with E-state index >= 15 is 0 Å². The highest BCUT2D eigenvalue weighted by molar-refractivity contribution is 6.32. The Balaban J connectivity index is 1.62. The summed E-state index contributed by atoms with van der Waals surface area (Å²) >= 11 is 6.43.